The number of allylic oxidation sites excluding steroid dienone is 1. The first-order valence-electron chi connectivity index (χ1n) is 28.5. The molecule has 0 radical (unpaired) electrons. The summed E-state index contributed by atoms with van der Waals surface area (Å²) in [6, 6.07) is 92.8. The van der Waals surface area contributed by atoms with E-state index >= 15 is 0 Å². The van der Waals surface area contributed by atoms with Gasteiger partial charge in [0.25, 0.3) is 0 Å². The molecule has 0 aliphatic carbocycles. The SMILES string of the molecule is CC/C=C\c1c(C)c2c(-c3cccc4sc5ccc(-c6cccc(-c7ccccc7)n6)cc5c34)cccc2n1-c1cccc(-n2c3ccccc3c3c(-c4cccc5sc6ccc(-c7cccc(-c8ccccc8)n7)cc6c45)cccc32)c1. The van der Waals surface area contributed by atoms with E-state index in [0.29, 0.717) is 0 Å². The predicted molar refractivity (Wildman–Crippen MR) is 356 cm³/mol. The molecular formula is C77H52N4S2. The number of hydrogen-bond donors (Lipinski definition) is 0. The van der Waals surface area contributed by atoms with Crippen LogP contribution in [0.1, 0.15) is 24.6 Å². The second-order valence-electron chi connectivity index (χ2n) is 21.5. The van der Waals surface area contributed by atoms with Crippen LogP contribution in [0.2, 0.25) is 0 Å². The maximum absolute atomic E-state index is 5.18. The molecule has 0 atom stereocenters. The van der Waals surface area contributed by atoms with Crippen molar-refractivity contribution in [3.8, 4) is 78.7 Å². The summed E-state index contributed by atoms with van der Waals surface area (Å²) in [5.41, 5.74) is 21.4. The highest BCUT2D eigenvalue weighted by Crippen LogP contribution is 2.48. The van der Waals surface area contributed by atoms with Crippen LogP contribution in [0, 0.1) is 6.92 Å². The molecule has 0 saturated carbocycles. The zero-order valence-electron chi connectivity index (χ0n) is 45.7. The molecule has 0 N–H and O–H groups in total. The quantitative estimate of drug-likeness (QED) is 0.137. The first-order chi connectivity index (χ1) is 41.0. The number of aryl methyl sites for hydroxylation is 1. The van der Waals surface area contributed by atoms with Crippen molar-refractivity contribution in [2.75, 3.05) is 0 Å². The Kier molecular flexibility index (Phi) is 11.7. The summed E-state index contributed by atoms with van der Waals surface area (Å²) < 4.78 is 10.0. The number of nitrogens with zero attached hydrogens (tertiary/aromatic N) is 4. The summed E-state index contributed by atoms with van der Waals surface area (Å²) in [6.07, 6.45) is 5.56. The van der Waals surface area contributed by atoms with Gasteiger partial charge in [-0.3, -0.25) is 0 Å². The van der Waals surface area contributed by atoms with Crippen LogP contribution in [0.5, 0.6) is 0 Å². The van der Waals surface area contributed by atoms with Gasteiger partial charge in [-0.2, -0.15) is 0 Å². The second-order valence-corrected chi connectivity index (χ2v) is 23.6. The molecule has 10 aromatic carbocycles. The number of thiophene rings is 2. The molecule has 0 saturated heterocycles. The first kappa shape index (κ1) is 48.9. The number of fused-ring (bicyclic) bond motifs is 10. The lowest BCUT2D eigenvalue weighted by molar-refractivity contribution is 1.08. The van der Waals surface area contributed by atoms with Crippen molar-refractivity contribution in [2.45, 2.75) is 20.3 Å². The molecule has 83 heavy (non-hydrogen) atoms. The molecule has 4 nitrogen and oxygen atoms in total. The molecule has 0 aliphatic rings. The van der Waals surface area contributed by atoms with E-state index in [4.69, 9.17) is 9.97 Å². The minimum absolute atomic E-state index is 0.930. The fourth-order valence-electron chi connectivity index (χ4n) is 12.9. The van der Waals surface area contributed by atoms with Crippen molar-refractivity contribution in [1.29, 1.82) is 0 Å². The number of rotatable bonds is 10. The van der Waals surface area contributed by atoms with Crippen LogP contribution < -0.4 is 0 Å². The maximum Gasteiger partial charge on any atom is 0.0709 e. The van der Waals surface area contributed by atoms with Gasteiger partial charge < -0.3 is 9.13 Å². The summed E-state index contributed by atoms with van der Waals surface area (Å²) >= 11 is 3.72. The topological polar surface area (TPSA) is 35.6 Å². The Labute approximate surface area is 488 Å². The minimum Gasteiger partial charge on any atom is -0.310 e. The Morgan fingerprint density at radius 3 is 1.36 bits per heavy atom. The van der Waals surface area contributed by atoms with Gasteiger partial charge >= 0.3 is 0 Å². The molecule has 6 heterocycles. The number of para-hydroxylation sites is 1. The van der Waals surface area contributed by atoms with Gasteiger partial charge in [-0.15, -0.1) is 22.7 Å². The Morgan fingerprint density at radius 1 is 0.349 bits per heavy atom. The van der Waals surface area contributed by atoms with Crippen LogP contribution in [-0.4, -0.2) is 19.1 Å². The largest absolute Gasteiger partial charge is 0.310 e. The standard InChI is InChI=1S/C77H52N4S2/c1-3-4-35-66-48(2)74-55(57-29-16-39-72-76(57)60-45-51(41-43-70(60)82-72)64-33-18-31-62(78-64)49-20-7-5-8-21-49)27-14-37-68(74)80(66)53-24-13-25-54(47-53)81-67-36-12-11-26-59(67)75-56(28-15-38-69(75)81)58-30-17-40-73-77(58)61-46-52(42-44-71(61)83-73)65-34-19-32-63(79-65)50-22-9-6-10-23-50/h4-47H,3H2,1-2H3/b35-4-. The lowest BCUT2D eigenvalue weighted by atomic mass is 9.94. The molecule has 0 unspecified atom stereocenters. The molecule has 16 rings (SSSR count). The zero-order chi connectivity index (χ0) is 55.1. The van der Waals surface area contributed by atoms with Crippen molar-refractivity contribution in [3.63, 3.8) is 0 Å². The van der Waals surface area contributed by atoms with Crippen LogP contribution in [-0.2, 0) is 0 Å². The van der Waals surface area contributed by atoms with Crippen LogP contribution >= 0.6 is 22.7 Å². The fourth-order valence-corrected chi connectivity index (χ4v) is 15.1. The average Bonchev–Trinajstić information content (AvgIpc) is 4.11. The van der Waals surface area contributed by atoms with E-state index in [0.717, 1.165) is 62.8 Å². The van der Waals surface area contributed by atoms with E-state index < -0.39 is 0 Å². The number of benzene rings is 10. The molecule has 16 aromatic rings. The van der Waals surface area contributed by atoms with Crippen molar-refractivity contribution >= 4 is 102 Å². The van der Waals surface area contributed by atoms with Gasteiger partial charge in [0.2, 0.25) is 0 Å². The van der Waals surface area contributed by atoms with Crippen molar-refractivity contribution in [1.82, 2.24) is 19.1 Å². The third-order valence-electron chi connectivity index (χ3n) is 16.6. The monoisotopic (exact) mass is 1100 g/mol. The third-order valence-corrected chi connectivity index (χ3v) is 18.9. The predicted octanol–water partition coefficient (Wildman–Crippen LogP) is 22.0. The van der Waals surface area contributed by atoms with E-state index in [1.54, 1.807) is 0 Å². The Bertz CT molecular complexity index is 5270. The Morgan fingerprint density at radius 2 is 0.795 bits per heavy atom. The van der Waals surface area contributed by atoms with Gasteiger partial charge in [-0.05, 0) is 144 Å². The number of aromatic nitrogens is 4. The van der Waals surface area contributed by atoms with E-state index in [9.17, 15) is 0 Å². The smallest absolute Gasteiger partial charge is 0.0709 e. The molecule has 6 aromatic heterocycles. The fraction of sp³-hybridized carbons (Fsp3) is 0.0390. The molecule has 0 bridgehead atoms. The molecule has 6 heteroatoms. The summed E-state index contributed by atoms with van der Waals surface area (Å²) in [5, 5.41) is 8.78. The van der Waals surface area contributed by atoms with Crippen molar-refractivity contribution in [3.05, 3.63) is 272 Å². The Balaban J connectivity index is 0.836. The van der Waals surface area contributed by atoms with Gasteiger partial charge in [0.15, 0.2) is 0 Å². The first-order valence-corrected chi connectivity index (χ1v) is 30.1. The summed E-state index contributed by atoms with van der Waals surface area (Å²) in [6.45, 7) is 4.53. The Hall–Kier alpha value is -9.98. The number of pyridine rings is 2. The zero-order valence-corrected chi connectivity index (χ0v) is 47.3. The van der Waals surface area contributed by atoms with E-state index in [1.807, 2.05) is 22.7 Å². The van der Waals surface area contributed by atoms with Crippen molar-refractivity contribution in [2.24, 2.45) is 0 Å². The van der Waals surface area contributed by atoms with Gasteiger partial charge in [0.05, 0.1) is 39.3 Å². The van der Waals surface area contributed by atoms with Gasteiger partial charge in [-0.1, -0.05) is 171 Å². The summed E-state index contributed by atoms with van der Waals surface area (Å²) in [7, 11) is 0. The van der Waals surface area contributed by atoms with Crippen LogP contribution in [0.15, 0.2) is 261 Å². The van der Waals surface area contributed by atoms with Gasteiger partial charge in [-0.25, -0.2) is 9.97 Å². The van der Waals surface area contributed by atoms with Crippen LogP contribution in [0.25, 0.3) is 158 Å². The molecular weight excluding hydrogens is 1050 g/mol. The number of hydrogen-bond acceptors (Lipinski definition) is 4. The molecule has 0 fully saturated rings. The molecule has 0 aliphatic heterocycles. The van der Waals surface area contributed by atoms with Gasteiger partial charge in [0.1, 0.15) is 0 Å². The highest BCUT2D eigenvalue weighted by atomic mass is 32.1. The highest BCUT2D eigenvalue weighted by Gasteiger charge is 2.23. The normalized spacial score (nSPS) is 12.0. The minimum atomic E-state index is 0.930. The van der Waals surface area contributed by atoms with E-state index in [2.05, 4.69) is 290 Å². The second kappa shape index (κ2) is 19.9. The lowest BCUT2D eigenvalue weighted by Crippen LogP contribution is -2.00. The summed E-state index contributed by atoms with van der Waals surface area (Å²) in [5.74, 6) is 0. The highest BCUT2D eigenvalue weighted by molar-refractivity contribution is 7.26. The molecule has 0 amide bonds. The van der Waals surface area contributed by atoms with Crippen LogP contribution in [0.4, 0.5) is 0 Å². The maximum atomic E-state index is 5.18. The third kappa shape index (κ3) is 8.08. The van der Waals surface area contributed by atoms with Gasteiger partial charge in [0, 0.05) is 95.8 Å². The van der Waals surface area contributed by atoms with E-state index in [-0.39, 0.29) is 0 Å². The van der Waals surface area contributed by atoms with E-state index in [1.165, 1.54) is 107 Å². The molecule has 392 valence electrons. The van der Waals surface area contributed by atoms with Crippen molar-refractivity contribution < 1.29 is 0 Å². The van der Waals surface area contributed by atoms with Crippen LogP contribution in [0.3, 0.4) is 0 Å². The molecule has 0 spiro atoms. The summed E-state index contributed by atoms with van der Waals surface area (Å²) in [4.78, 5) is 10.4. The lowest BCUT2D eigenvalue weighted by Gasteiger charge is -2.14. The average molecular weight is 1100 g/mol.